The minimum Gasteiger partial charge on any atom is -0.379 e. The molecule has 0 spiro atoms. The van der Waals surface area contributed by atoms with Crippen molar-refractivity contribution in [1.82, 2.24) is 15.1 Å². The Balaban J connectivity index is 1.46. The third-order valence-corrected chi connectivity index (χ3v) is 4.81. The van der Waals surface area contributed by atoms with Crippen LogP contribution >= 0.6 is 0 Å². The third-order valence-electron chi connectivity index (χ3n) is 4.81. The maximum atomic E-state index is 13.3. The van der Waals surface area contributed by atoms with Gasteiger partial charge in [-0.15, -0.1) is 0 Å². The Bertz CT molecular complexity index is 549. The fourth-order valence-electron chi connectivity index (χ4n) is 3.50. The van der Waals surface area contributed by atoms with E-state index in [2.05, 4.69) is 10.2 Å². The van der Waals surface area contributed by atoms with E-state index < -0.39 is 0 Å². The van der Waals surface area contributed by atoms with Gasteiger partial charge in [-0.25, -0.2) is 9.18 Å². The van der Waals surface area contributed by atoms with Crippen LogP contribution in [0.2, 0.25) is 0 Å². The molecule has 5 nitrogen and oxygen atoms in total. The number of likely N-dealkylation sites (tertiary alicyclic amines) is 1. The number of benzene rings is 1. The number of hydrogen-bond acceptors (Lipinski definition) is 3. The molecular formula is C18H26FN3O2. The molecule has 0 aromatic heterocycles. The van der Waals surface area contributed by atoms with Crippen LogP contribution in [0.15, 0.2) is 24.3 Å². The van der Waals surface area contributed by atoms with E-state index in [1.54, 1.807) is 12.1 Å². The van der Waals surface area contributed by atoms with Crippen LogP contribution in [-0.4, -0.2) is 67.8 Å². The lowest BCUT2D eigenvalue weighted by Gasteiger charge is -2.28. The lowest BCUT2D eigenvalue weighted by Crippen LogP contribution is -2.47. The third kappa shape index (κ3) is 4.68. The van der Waals surface area contributed by atoms with Crippen LogP contribution in [0, 0.1) is 5.82 Å². The van der Waals surface area contributed by atoms with Gasteiger partial charge >= 0.3 is 6.03 Å². The van der Waals surface area contributed by atoms with Gasteiger partial charge in [-0.1, -0.05) is 12.1 Å². The molecule has 0 unspecified atom stereocenters. The summed E-state index contributed by atoms with van der Waals surface area (Å²) in [5.74, 6) is -0.216. The molecule has 0 bridgehead atoms. The summed E-state index contributed by atoms with van der Waals surface area (Å²) in [5, 5.41) is 3.03. The van der Waals surface area contributed by atoms with Crippen molar-refractivity contribution < 1.29 is 13.9 Å². The number of carbonyl (C=O) groups is 1. The summed E-state index contributed by atoms with van der Waals surface area (Å²) >= 11 is 0. The zero-order valence-corrected chi connectivity index (χ0v) is 14.0. The molecule has 2 aliphatic rings. The SMILES string of the molecule is O=C(NCCN1CCOCC1)N1CCC[C@@H]1Cc1cccc(F)c1. The Morgan fingerprint density at radius 3 is 2.92 bits per heavy atom. The highest BCUT2D eigenvalue weighted by Crippen LogP contribution is 2.21. The van der Waals surface area contributed by atoms with Crippen molar-refractivity contribution in [1.29, 1.82) is 0 Å². The smallest absolute Gasteiger partial charge is 0.317 e. The zero-order valence-electron chi connectivity index (χ0n) is 14.0. The van der Waals surface area contributed by atoms with Crippen molar-refractivity contribution in [2.75, 3.05) is 45.9 Å². The predicted molar refractivity (Wildman–Crippen MR) is 90.5 cm³/mol. The minimum atomic E-state index is -0.216. The fraction of sp³-hybridized carbons (Fsp3) is 0.611. The monoisotopic (exact) mass is 335 g/mol. The summed E-state index contributed by atoms with van der Waals surface area (Å²) in [6.07, 6.45) is 2.71. The molecule has 132 valence electrons. The van der Waals surface area contributed by atoms with Gasteiger partial charge in [0, 0.05) is 38.8 Å². The van der Waals surface area contributed by atoms with Crippen LogP contribution < -0.4 is 5.32 Å². The number of rotatable bonds is 5. The van der Waals surface area contributed by atoms with Crippen LogP contribution in [-0.2, 0) is 11.2 Å². The molecule has 2 amide bonds. The molecule has 24 heavy (non-hydrogen) atoms. The van der Waals surface area contributed by atoms with Crippen LogP contribution in [0.3, 0.4) is 0 Å². The second-order valence-corrected chi connectivity index (χ2v) is 6.51. The van der Waals surface area contributed by atoms with Gasteiger partial charge in [-0.2, -0.15) is 0 Å². The molecule has 2 heterocycles. The molecule has 1 aromatic rings. The van der Waals surface area contributed by atoms with E-state index in [-0.39, 0.29) is 17.9 Å². The first-order valence-electron chi connectivity index (χ1n) is 8.81. The number of nitrogens with zero attached hydrogens (tertiary/aromatic N) is 2. The van der Waals surface area contributed by atoms with Gasteiger partial charge in [0.25, 0.3) is 0 Å². The molecule has 1 atom stereocenters. The summed E-state index contributed by atoms with van der Waals surface area (Å²) in [6, 6.07) is 6.83. The number of amides is 2. The van der Waals surface area contributed by atoms with E-state index >= 15 is 0 Å². The minimum absolute atomic E-state index is 0.00200. The van der Waals surface area contributed by atoms with Crippen molar-refractivity contribution in [3.8, 4) is 0 Å². The van der Waals surface area contributed by atoms with E-state index in [0.717, 1.165) is 57.8 Å². The van der Waals surface area contributed by atoms with Gasteiger partial charge in [0.1, 0.15) is 5.82 Å². The Kier molecular flexibility index (Phi) is 6.04. The molecule has 0 radical (unpaired) electrons. The van der Waals surface area contributed by atoms with E-state index in [1.807, 2.05) is 11.0 Å². The van der Waals surface area contributed by atoms with Gasteiger partial charge in [0.05, 0.1) is 13.2 Å². The van der Waals surface area contributed by atoms with E-state index in [4.69, 9.17) is 4.74 Å². The number of hydrogen-bond donors (Lipinski definition) is 1. The Labute approximate surface area is 142 Å². The van der Waals surface area contributed by atoms with Gasteiger partial charge in [-0.05, 0) is 37.0 Å². The van der Waals surface area contributed by atoms with Crippen LogP contribution in [0.4, 0.5) is 9.18 Å². The Morgan fingerprint density at radius 1 is 1.29 bits per heavy atom. The largest absolute Gasteiger partial charge is 0.379 e. The van der Waals surface area contributed by atoms with Gasteiger partial charge in [-0.3, -0.25) is 4.90 Å². The van der Waals surface area contributed by atoms with Gasteiger partial charge in [0.2, 0.25) is 0 Å². The molecule has 6 heteroatoms. The normalized spacial score (nSPS) is 21.9. The standard InChI is InChI=1S/C18H26FN3O2/c19-16-4-1-3-15(13-16)14-17-5-2-7-22(17)18(23)20-6-8-21-9-11-24-12-10-21/h1,3-4,13,17H,2,5-12,14H2,(H,20,23)/t17-/m1/s1. The second-order valence-electron chi connectivity index (χ2n) is 6.51. The van der Waals surface area contributed by atoms with Crippen LogP contribution in [0.5, 0.6) is 0 Å². The lowest BCUT2D eigenvalue weighted by atomic mass is 10.0. The highest BCUT2D eigenvalue weighted by molar-refractivity contribution is 5.74. The van der Waals surface area contributed by atoms with Gasteiger partial charge < -0.3 is 15.0 Å². The Morgan fingerprint density at radius 2 is 2.12 bits per heavy atom. The molecule has 2 saturated heterocycles. The van der Waals surface area contributed by atoms with Crippen molar-refractivity contribution in [2.45, 2.75) is 25.3 Å². The van der Waals surface area contributed by atoms with E-state index in [9.17, 15) is 9.18 Å². The van der Waals surface area contributed by atoms with E-state index in [1.165, 1.54) is 6.07 Å². The topological polar surface area (TPSA) is 44.8 Å². The highest BCUT2D eigenvalue weighted by Gasteiger charge is 2.28. The molecule has 1 N–H and O–H groups in total. The molecule has 1 aromatic carbocycles. The van der Waals surface area contributed by atoms with Crippen molar-refractivity contribution >= 4 is 6.03 Å². The molecule has 0 saturated carbocycles. The number of carbonyl (C=O) groups excluding carboxylic acids is 1. The maximum Gasteiger partial charge on any atom is 0.317 e. The quantitative estimate of drug-likeness (QED) is 0.893. The lowest BCUT2D eigenvalue weighted by molar-refractivity contribution is 0.0385. The second kappa shape index (κ2) is 8.44. The number of halogens is 1. The van der Waals surface area contributed by atoms with Crippen molar-refractivity contribution in [3.63, 3.8) is 0 Å². The summed E-state index contributed by atoms with van der Waals surface area (Å²) in [5.41, 5.74) is 0.952. The zero-order chi connectivity index (χ0) is 16.8. The highest BCUT2D eigenvalue weighted by atomic mass is 19.1. The van der Waals surface area contributed by atoms with Crippen molar-refractivity contribution in [3.05, 3.63) is 35.6 Å². The average Bonchev–Trinajstić information content (AvgIpc) is 3.04. The average molecular weight is 335 g/mol. The first-order valence-corrected chi connectivity index (χ1v) is 8.81. The molecule has 2 fully saturated rings. The number of nitrogens with one attached hydrogen (secondary N) is 1. The van der Waals surface area contributed by atoms with Crippen molar-refractivity contribution in [2.24, 2.45) is 0 Å². The van der Waals surface area contributed by atoms with Crippen LogP contribution in [0.1, 0.15) is 18.4 Å². The predicted octanol–water partition coefficient (Wildman–Crippen LogP) is 1.87. The summed E-state index contributed by atoms with van der Waals surface area (Å²) in [4.78, 5) is 16.7. The fourth-order valence-corrected chi connectivity index (χ4v) is 3.50. The maximum absolute atomic E-state index is 13.3. The molecular weight excluding hydrogens is 309 g/mol. The van der Waals surface area contributed by atoms with Gasteiger partial charge in [0.15, 0.2) is 0 Å². The van der Waals surface area contributed by atoms with E-state index in [0.29, 0.717) is 13.0 Å². The number of urea groups is 1. The summed E-state index contributed by atoms with van der Waals surface area (Å²) in [6.45, 7) is 5.71. The summed E-state index contributed by atoms with van der Waals surface area (Å²) < 4.78 is 18.7. The number of morpholine rings is 1. The Hall–Kier alpha value is -1.66. The molecule has 2 aliphatic heterocycles. The first-order chi connectivity index (χ1) is 11.7. The molecule has 0 aliphatic carbocycles. The summed E-state index contributed by atoms with van der Waals surface area (Å²) in [7, 11) is 0. The number of ether oxygens (including phenoxy) is 1. The first kappa shape index (κ1) is 17.2. The van der Waals surface area contributed by atoms with Crippen LogP contribution in [0.25, 0.3) is 0 Å². The molecule has 3 rings (SSSR count).